The van der Waals surface area contributed by atoms with Gasteiger partial charge in [0.25, 0.3) is 11.8 Å². The Hall–Kier alpha value is -4.20. The third-order valence-electron chi connectivity index (χ3n) is 6.89. The summed E-state index contributed by atoms with van der Waals surface area (Å²) in [5.41, 5.74) is 5.56. The van der Waals surface area contributed by atoms with E-state index >= 15 is 0 Å². The van der Waals surface area contributed by atoms with Crippen molar-refractivity contribution in [3.63, 3.8) is 0 Å². The zero-order valence-corrected chi connectivity index (χ0v) is 21.7. The Morgan fingerprint density at radius 2 is 1.47 bits per heavy atom. The monoisotopic (exact) mass is 508 g/mol. The molecule has 0 bridgehead atoms. The molecule has 2 aliphatic rings. The minimum absolute atomic E-state index is 0.0883. The van der Waals surface area contributed by atoms with Crippen molar-refractivity contribution in [2.75, 3.05) is 11.9 Å². The lowest BCUT2D eigenvalue weighted by atomic mass is 10.0. The summed E-state index contributed by atoms with van der Waals surface area (Å²) in [5.74, 6) is 0.244. The first kappa shape index (κ1) is 24.2. The minimum atomic E-state index is -0.0885. The van der Waals surface area contributed by atoms with Crippen molar-refractivity contribution in [3.8, 4) is 22.5 Å². The van der Waals surface area contributed by atoms with Crippen LogP contribution in [0.15, 0.2) is 60.8 Å². The molecule has 0 unspecified atom stereocenters. The van der Waals surface area contributed by atoms with Crippen LogP contribution in [0.5, 0.6) is 0 Å². The van der Waals surface area contributed by atoms with Crippen LogP contribution in [-0.2, 0) is 0 Å². The Labute approximate surface area is 221 Å². The third kappa shape index (κ3) is 4.98. The number of anilines is 1. The molecule has 2 aromatic carbocycles. The summed E-state index contributed by atoms with van der Waals surface area (Å²) < 4.78 is 1.79. The van der Waals surface area contributed by atoms with Crippen LogP contribution >= 0.6 is 0 Å². The Kier molecular flexibility index (Phi) is 6.31. The lowest BCUT2D eigenvalue weighted by Crippen LogP contribution is -2.26. The fraction of sp³-hybridized carbons (Fsp3) is 0.333. The number of imidazole rings is 1. The summed E-state index contributed by atoms with van der Waals surface area (Å²) in [6, 6.07) is 17.6. The molecule has 0 aliphatic heterocycles. The molecule has 8 heteroatoms. The summed E-state index contributed by atoms with van der Waals surface area (Å²) in [4.78, 5) is 30.9. The number of amides is 2. The normalized spacial score (nSPS) is 15.0. The summed E-state index contributed by atoms with van der Waals surface area (Å²) in [7, 11) is 0. The number of hydrogen-bond donors (Lipinski definition) is 3. The second kappa shape index (κ2) is 9.93. The highest BCUT2D eigenvalue weighted by atomic mass is 16.2. The highest BCUT2D eigenvalue weighted by Gasteiger charge is 2.27. The maximum Gasteiger partial charge on any atom is 0.252 e. The van der Waals surface area contributed by atoms with Crippen LogP contribution < -0.4 is 16.0 Å². The van der Waals surface area contributed by atoms with Crippen LogP contribution in [0.2, 0.25) is 0 Å². The molecule has 6 rings (SSSR count). The van der Waals surface area contributed by atoms with E-state index in [1.807, 2.05) is 54.6 Å². The lowest BCUT2D eigenvalue weighted by molar-refractivity contribution is 0.0943. The van der Waals surface area contributed by atoms with Gasteiger partial charge in [-0.15, -0.1) is 0 Å². The topological polar surface area (TPSA) is 100 Å². The summed E-state index contributed by atoms with van der Waals surface area (Å²) in [6.45, 7) is 5.05. The van der Waals surface area contributed by atoms with Crippen molar-refractivity contribution in [2.24, 2.45) is 5.92 Å². The van der Waals surface area contributed by atoms with Crippen LogP contribution in [0, 0.1) is 5.92 Å². The zero-order valence-electron chi connectivity index (χ0n) is 21.7. The fourth-order valence-corrected chi connectivity index (χ4v) is 4.52. The van der Waals surface area contributed by atoms with Crippen LogP contribution in [0.3, 0.4) is 0 Å². The molecule has 8 nitrogen and oxygen atoms in total. The van der Waals surface area contributed by atoms with Crippen molar-refractivity contribution in [3.05, 3.63) is 71.9 Å². The van der Waals surface area contributed by atoms with Gasteiger partial charge in [0.1, 0.15) is 0 Å². The molecular formula is C30H32N6O2. The van der Waals surface area contributed by atoms with Gasteiger partial charge in [0.15, 0.2) is 5.65 Å². The third-order valence-corrected chi connectivity index (χ3v) is 6.89. The largest absolute Gasteiger partial charge is 0.382 e. The quantitative estimate of drug-likeness (QED) is 0.298. The van der Waals surface area contributed by atoms with E-state index in [1.54, 1.807) is 10.7 Å². The van der Waals surface area contributed by atoms with Crippen LogP contribution in [-0.4, -0.2) is 45.0 Å². The highest BCUT2D eigenvalue weighted by molar-refractivity contribution is 6.02. The first-order valence-corrected chi connectivity index (χ1v) is 13.4. The molecule has 194 valence electrons. The molecule has 2 aromatic heterocycles. The molecular weight excluding hydrogens is 476 g/mol. The number of benzene rings is 2. The predicted molar refractivity (Wildman–Crippen MR) is 148 cm³/mol. The molecule has 3 N–H and O–H groups in total. The maximum absolute atomic E-state index is 13.1. The van der Waals surface area contributed by atoms with Crippen LogP contribution in [0.25, 0.3) is 28.2 Å². The van der Waals surface area contributed by atoms with Gasteiger partial charge in [-0.1, -0.05) is 50.2 Å². The molecule has 0 spiro atoms. The van der Waals surface area contributed by atoms with E-state index in [2.05, 4.69) is 29.8 Å². The minimum Gasteiger partial charge on any atom is -0.382 e. The molecule has 0 atom stereocenters. The number of fused-ring (bicyclic) bond motifs is 1. The van der Waals surface area contributed by atoms with E-state index in [-0.39, 0.29) is 23.9 Å². The second-order valence-corrected chi connectivity index (χ2v) is 10.7. The van der Waals surface area contributed by atoms with Gasteiger partial charge in [-0.3, -0.25) is 9.59 Å². The van der Waals surface area contributed by atoms with Gasteiger partial charge in [-0.2, -0.15) is 5.10 Å². The second-order valence-electron chi connectivity index (χ2n) is 10.7. The number of nitrogens with one attached hydrogen (secondary N) is 3. The zero-order chi connectivity index (χ0) is 26.2. The Balaban J connectivity index is 1.48. The molecule has 2 heterocycles. The van der Waals surface area contributed by atoms with Gasteiger partial charge in [0, 0.05) is 40.9 Å². The van der Waals surface area contributed by atoms with Gasteiger partial charge in [-0.25, -0.2) is 9.50 Å². The molecule has 0 radical (unpaired) electrons. The molecule has 2 saturated carbocycles. The maximum atomic E-state index is 13.1. The van der Waals surface area contributed by atoms with E-state index in [4.69, 9.17) is 10.1 Å². The van der Waals surface area contributed by atoms with E-state index in [0.29, 0.717) is 28.4 Å². The molecule has 2 amide bonds. The highest BCUT2D eigenvalue weighted by Crippen LogP contribution is 2.32. The van der Waals surface area contributed by atoms with Crippen LogP contribution in [0.4, 0.5) is 5.69 Å². The standard InChI is InChI=1S/C30H32N6O2/c1-18(2)16-31-26-15-25(21-7-3-5-9-23(21)29(37)33-19-11-12-19)35-36-27(17-32-28(26)36)22-8-4-6-10-24(22)30(38)34-20-13-14-20/h3-10,15,17-20,31H,11-14,16H2,1-2H3,(H,33,37)(H,34,38). The van der Waals surface area contributed by atoms with Crippen molar-refractivity contribution < 1.29 is 9.59 Å². The summed E-state index contributed by atoms with van der Waals surface area (Å²) in [6.07, 6.45) is 5.85. The molecule has 4 aromatic rings. The van der Waals surface area contributed by atoms with Crippen molar-refractivity contribution in [2.45, 2.75) is 51.6 Å². The number of carbonyl (C=O) groups is 2. The van der Waals surface area contributed by atoms with Gasteiger partial charge >= 0.3 is 0 Å². The van der Waals surface area contributed by atoms with Gasteiger partial charge in [0.05, 0.1) is 23.3 Å². The number of nitrogens with zero attached hydrogens (tertiary/aromatic N) is 3. The Bertz CT molecular complexity index is 1520. The Morgan fingerprint density at radius 3 is 2.08 bits per heavy atom. The number of aromatic nitrogens is 3. The average molecular weight is 509 g/mol. The first-order chi connectivity index (χ1) is 18.5. The Morgan fingerprint density at radius 1 is 0.895 bits per heavy atom. The molecule has 38 heavy (non-hydrogen) atoms. The fourth-order valence-electron chi connectivity index (χ4n) is 4.52. The summed E-state index contributed by atoms with van der Waals surface area (Å²) in [5, 5.41) is 14.7. The van der Waals surface area contributed by atoms with Crippen LogP contribution in [0.1, 0.15) is 60.2 Å². The van der Waals surface area contributed by atoms with Crippen molar-refractivity contribution in [1.29, 1.82) is 0 Å². The van der Waals surface area contributed by atoms with E-state index in [1.165, 1.54) is 0 Å². The van der Waals surface area contributed by atoms with Gasteiger partial charge in [0.2, 0.25) is 0 Å². The molecule has 0 saturated heterocycles. The lowest BCUT2D eigenvalue weighted by Gasteiger charge is -2.15. The molecule has 2 fully saturated rings. The summed E-state index contributed by atoms with van der Waals surface area (Å²) >= 11 is 0. The number of carbonyl (C=O) groups excluding carboxylic acids is 2. The van der Waals surface area contributed by atoms with E-state index < -0.39 is 0 Å². The first-order valence-electron chi connectivity index (χ1n) is 13.4. The van der Waals surface area contributed by atoms with Gasteiger partial charge in [-0.05, 0) is 49.8 Å². The number of rotatable bonds is 9. The van der Waals surface area contributed by atoms with Crippen molar-refractivity contribution >= 4 is 23.1 Å². The number of hydrogen-bond acceptors (Lipinski definition) is 5. The SMILES string of the molecule is CC(C)CNc1cc(-c2ccccc2C(=O)NC2CC2)nn2c(-c3ccccc3C(=O)NC3CC3)cnc12. The predicted octanol–water partition coefficient (Wildman–Crippen LogP) is 4.92. The smallest absolute Gasteiger partial charge is 0.252 e. The molecule has 2 aliphatic carbocycles. The van der Waals surface area contributed by atoms with Crippen molar-refractivity contribution in [1.82, 2.24) is 25.2 Å². The average Bonchev–Trinajstić information content (AvgIpc) is 3.86. The van der Waals surface area contributed by atoms with E-state index in [9.17, 15) is 9.59 Å². The van der Waals surface area contributed by atoms with Gasteiger partial charge < -0.3 is 16.0 Å². The van der Waals surface area contributed by atoms with E-state index in [0.717, 1.165) is 54.7 Å².